The minimum absolute atomic E-state index is 0.0685. The molecule has 3 aromatic carbocycles. The highest BCUT2D eigenvalue weighted by atomic mass is 35.5. The first-order valence-corrected chi connectivity index (χ1v) is 13.0. The van der Waals surface area contributed by atoms with Gasteiger partial charge in [0.2, 0.25) is 5.91 Å². The molecule has 2 aliphatic rings. The summed E-state index contributed by atoms with van der Waals surface area (Å²) in [6.45, 7) is 4.86. The molecule has 8 heteroatoms. The molecule has 0 saturated carbocycles. The number of benzene rings is 3. The Labute approximate surface area is 225 Å². The van der Waals surface area contributed by atoms with Crippen LogP contribution in [0.25, 0.3) is 10.9 Å². The molecule has 1 amide bonds. The van der Waals surface area contributed by atoms with Gasteiger partial charge in [-0.3, -0.25) is 14.6 Å². The average molecular weight is 527 g/mol. The van der Waals surface area contributed by atoms with E-state index >= 15 is 0 Å². The van der Waals surface area contributed by atoms with Crippen LogP contribution in [0.2, 0.25) is 5.02 Å². The van der Waals surface area contributed by atoms with Crippen LogP contribution >= 0.6 is 11.6 Å². The molecule has 4 aromatic rings. The number of aromatic hydroxyl groups is 1. The number of hydrogen-bond acceptors (Lipinski definition) is 6. The van der Waals surface area contributed by atoms with Gasteiger partial charge in [0.1, 0.15) is 11.2 Å². The smallest absolute Gasteiger partial charge is 0.245 e. The van der Waals surface area contributed by atoms with Crippen molar-refractivity contribution in [2.45, 2.75) is 18.9 Å². The highest BCUT2D eigenvalue weighted by molar-refractivity contribution is 6.34. The molecule has 0 radical (unpaired) electrons. The highest BCUT2D eigenvalue weighted by Crippen LogP contribution is 2.46. The first-order chi connectivity index (χ1) is 18.4. The van der Waals surface area contributed by atoms with E-state index in [0.717, 1.165) is 42.8 Å². The molecule has 0 aliphatic carbocycles. The largest absolute Gasteiger partial charge is 0.508 e. The molecule has 0 bridgehead atoms. The van der Waals surface area contributed by atoms with E-state index in [2.05, 4.69) is 10.2 Å². The molecular formula is C30H27ClN4O3. The van der Waals surface area contributed by atoms with E-state index in [1.807, 2.05) is 42.5 Å². The number of rotatable bonds is 4. The predicted molar refractivity (Wildman–Crippen MR) is 149 cm³/mol. The molecule has 2 aliphatic heterocycles. The molecule has 3 heterocycles. The van der Waals surface area contributed by atoms with Crippen LogP contribution in [0.1, 0.15) is 28.5 Å². The molecule has 7 nitrogen and oxygen atoms in total. The molecule has 1 saturated heterocycles. The van der Waals surface area contributed by atoms with E-state index in [0.29, 0.717) is 27.5 Å². The molecule has 192 valence electrons. The molecule has 6 rings (SSSR count). The second-order valence-electron chi connectivity index (χ2n) is 9.94. The molecule has 38 heavy (non-hydrogen) atoms. The van der Waals surface area contributed by atoms with E-state index in [1.54, 1.807) is 30.0 Å². The Bertz CT molecular complexity index is 1570. The van der Waals surface area contributed by atoms with Gasteiger partial charge in [-0.2, -0.15) is 0 Å². The zero-order valence-corrected chi connectivity index (χ0v) is 21.7. The van der Waals surface area contributed by atoms with Gasteiger partial charge in [0.15, 0.2) is 5.78 Å². The van der Waals surface area contributed by atoms with Crippen LogP contribution in [0.15, 0.2) is 72.8 Å². The number of aromatic nitrogens is 1. The summed E-state index contributed by atoms with van der Waals surface area (Å²) in [7, 11) is 0. The second-order valence-corrected chi connectivity index (χ2v) is 10.4. The number of nitrogens with zero attached hydrogens (tertiary/aromatic N) is 3. The van der Waals surface area contributed by atoms with Gasteiger partial charge in [0.05, 0.1) is 34.7 Å². The third-order valence-electron chi connectivity index (χ3n) is 7.58. The Morgan fingerprint density at radius 2 is 1.68 bits per heavy atom. The van der Waals surface area contributed by atoms with Crippen molar-refractivity contribution in [3.63, 3.8) is 0 Å². The van der Waals surface area contributed by atoms with Crippen LogP contribution < -0.4 is 15.1 Å². The van der Waals surface area contributed by atoms with E-state index in [-0.39, 0.29) is 24.0 Å². The summed E-state index contributed by atoms with van der Waals surface area (Å²) in [5.41, 5.74) is 2.27. The van der Waals surface area contributed by atoms with Crippen LogP contribution in [0.5, 0.6) is 5.75 Å². The van der Waals surface area contributed by atoms with E-state index in [9.17, 15) is 14.7 Å². The number of amides is 1. The number of carbonyl (C=O) groups excluding carboxylic acids is 2. The summed E-state index contributed by atoms with van der Waals surface area (Å²) in [6.07, 6.45) is 0. The summed E-state index contributed by atoms with van der Waals surface area (Å²) < 4.78 is 0. The molecule has 2 N–H and O–H groups in total. The van der Waals surface area contributed by atoms with Crippen LogP contribution in [0.3, 0.4) is 0 Å². The first kappa shape index (κ1) is 24.4. The monoisotopic (exact) mass is 526 g/mol. The van der Waals surface area contributed by atoms with Crippen molar-refractivity contribution >= 4 is 45.6 Å². The summed E-state index contributed by atoms with van der Waals surface area (Å²) in [4.78, 5) is 37.3. The lowest BCUT2D eigenvalue weighted by molar-refractivity contribution is -0.122. The molecule has 1 unspecified atom stereocenters. The van der Waals surface area contributed by atoms with Gasteiger partial charge in [-0.25, -0.2) is 0 Å². The molecule has 1 aromatic heterocycles. The fourth-order valence-electron chi connectivity index (χ4n) is 5.47. The SMILES string of the molecule is CC1(c2ccc(O)cc2)C(=O)c2c(N3CCNCC3)cc(Cl)cc2N(Cc2ccc3ccccc3n2)C1=O. The van der Waals surface area contributed by atoms with Crippen LogP contribution in [0, 0.1) is 0 Å². The lowest BCUT2D eigenvalue weighted by Crippen LogP contribution is -2.55. The van der Waals surface area contributed by atoms with Crippen molar-refractivity contribution in [1.29, 1.82) is 0 Å². The lowest BCUT2D eigenvalue weighted by atomic mass is 9.71. The quantitative estimate of drug-likeness (QED) is 0.375. The number of phenolic OH excluding ortho intramolecular Hbond substituents is 1. The van der Waals surface area contributed by atoms with E-state index in [1.165, 1.54) is 12.1 Å². The number of phenols is 1. The maximum absolute atomic E-state index is 14.4. The third-order valence-corrected chi connectivity index (χ3v) is 7.80. The number of nitrogens with one attached hydrogen (secondary N) is 1. The van der Waals surface area contributed by atoms with Crippen LogP contribution in [-0.4, -0.2) is 48.0 Å². The summed E-state index contributed by atoms with van der Waals surface area (Å²) in [5, 5.41) is 14.7. The van der Waals surface area contributed by atoms with Gasteiger partial charge in [-0.1, -0.05) is 48.0 Å². The minimum atomic E-state index is -1.49. The number of ketones is 1. The number of halogens is 1. The van der Waals surface area contributed by atoms with Gasteiger partial charge in [0, 0.05) is 36.6 Å². The third kappa shape index (κ3) is 3.99. The molecule has 1 fully saturated rings. The average Bonchev–Trinajstić information content (AvgIpc) is 2.94. The number of hydrogen-bond donors (Lipinski definition) is 2. The fourth-order valence-corrected chi connectivity index (χ4v) is 5.68. The van der Waals surface area contributed by atoms with Crippen molar-refractivity contribution in [3.05, 3.63) is 94.6 Å². The minimum Gasteiger partial charge on any atom is -0.508 e. The van der Waals surface area contributed by atoms with Crippen molar-refractivity contribution in [2.75, 3.05) is 36.0 Å². The maximum Gasteiger partial charge on any atom is 0.245 e. The van der Waals surface area contributed by atoms with E-state index in [4.69, 9.17) is 16.6 Å². The van der Waals surface area contributed by atoms with Gasteiger partial charge < -0.3 is 20.2 Å². The zero-order valence-electron chi connectivity index (χ0n) is 20.9. The summed E-state index contributed by atoms with van der Waals surface area (Å²) >= 11 is 6.61. The summed E-state index contributed by atoms with van der Waals surface area (Å²) in [5.74, 6) is -0.570. The Morgan fingerprint density at radius 3 is 2.45 bits per heavy atom. The van der Waals surface area contributed by atoms with Crippen LogP contribution in [0.4, 0.5) is 11.4 Å². The van der Waals surface area contributed by atoms with Gasteiger partial charge in [-0.15, -0.1) is 0 Å². The number of pyridine rings is 1. The topological polar surface area (TPSA) is 85.8 Å². The number of fused-ring (bicyclic) bond motifs is 2. The molecule has 1 atom stereocenters. The molecular weight excluding hydrogens is 500 g/mol. The van der Waals surface area contributed by atoms with Crippen molar-refractivity contribution in [1.82, 2.24) is 10.3 Å². The standard InChI is InChI=1S/C30H27ClN4O3/c1-30(20-7-10-23(36)11-8-20)28(37)27-25(34-14-12-32-13-15-34)16-21(31)17-26(27)35(29(30)38)18-22-9-6-19-4-2-3-5-24(19)33-22/h2-11,16-17,32,36H,12-15,18H2,1H3. The lowest BCUT2D eigenvalue weighted by Gasteiger charge is -2.42. The summed E-state index contributed by atoms with van der Waals surface area (Å²) in [6, 6.07) is 21.5. The maximum atomic E-state index is 14.4. The number of para-hydroxylation sites is 1. The van der Waals surface area contributed by atoms with Crippen molar-refractivity contribution in [3.8, 4) is 5.75 Å². The van der Waals surface area contributed by atoms with Crippen molar-refractivity contribution in [2.24, 2.45) is 0 Å². The van der Waals surface area contributed by atoms with Crippen LogP contribution in [-0.2, 0) is 16.8 Å². The van der Waals surface area contributed by atoms with Gasteiger partial charge >= 0.3 is 0 Å². The van der Waals surface area contributed by atoms with Gasteiger partial charge in [0.25, 0.3) is 0 Å². The first-order valence-electron chi connectivity index (χ1n) is 12.7. The Balaban J connectivity index is 1.54. The highest BCUT2D eigenvalue weighted by Gasteiger charge is 2.52. The Hall–Kier alpha value is -3.94. The second kappa shape index (κ2) is 9.42. The Kier molecular flexibility index (Phi) is 6.05. The normalized spacial score (nSPS) is 19.6. The predicted octanol–water partition coefficient (Wildman–Crippen LogP) is 4.69. The Morgan fingerprint density at radius 1 is 0.974 bits per heavy atom. The van der Waals surface area contributed by atoms with Gasteiger partial charge in [-0.05, 0) is 48.9 Å². The number of Topliss-reactive ketones (excluding diaryl/α,β-unsaturated/α-hetero) is 1. The number of anilines is 2. The number of carbonyl (C=O) groups is 2. The van der Waals surface area contributed by atoms with Crippen molar-refractivity contribution < 1.29 is 14.7 Å². The zero-order chi connectivity index (χ0) is 26.4. The van der Waals surface area contributed by atoms with E-state index < -0.39 is 5.41 Å². The fraction of sp³-hybridized carbons (Fsp3) is 0.233. The molecule has 0 spiro atoms. The number of piperazine rings is 1.